The maximum absolute atomic E-state index is 11.9. The molecule has 2 N–H and O–H groups in total. The number of rotatable bonds is 6. The van der Waals surface area contributed by atoms with Crippen LogP contribution in [-0.2, 0) is 15.3 Å². The molecule has 0 saturated heterocycles. The average molecular weight is 328 g/mol. The lowest BCUT2D eigenvalue weighted by Crippen LogP contribution is -2.40. The third-order valence-corrected chi connectivity index (χ3v) is 5.33. The average Bonchev–Trinajstić information content (AvgIpc) is 2.84. The number of hydrogen-bond acceptors (Lipinski definition) is 5. The lowest BCUT2D eigenvalue weighted by atomic mass is 9.86. The number of nitrogens with one attached hydrogen (secondary N) is 1. The van der Waals surface area contributed by atoms with Crippen LogP contribution in [-0.4, -0.2) is 33.8 Å². The van der Waals surface area contributed by atoms with E-state index in [2.05, 4.69) is 10.3 Å². The molecule has 1 aromatic rings. The van der Waals surface area contributed by atoms with Gasteiger partial charge in [0.1, 0.15) is 0 Å². The number of thioether (sulfide) groups is 1. The summed E-state index contributed by atoms with van der Waals surface area (Å²) in [6, 6.07) is 0.00877. The number of hydrogen-bond donors (Lipinski definition) is 2. The first-order valence-electron chi connectivity index (χ1n) is 7.05. The Morgan fingerprint density at radius 3 is 3.00 bits per heavy atom. The molecular formula is C14H20N2O3S2. The highest BCUT2D eigenvalue weighted by Crippen LogP contribution is 2.24. The Kier molecular flexibility index (Phi) is 6.05. The zero-order chi connectivity index (χ0) is 15.2. The molecule has 0 aromatic carbocycles. The Labute approximate surface area is 132 Å². The van der Waals surface area contributed by atoms with Gasteiger partial charge in [0.25, 0.3) is 0 Å². The van der Waals surface area contributed by atoms with Crippen molar-refractivity contribution in [1.82, 2.24) is 10.3 Å². The minimum Gasteiger partial charge on any atom is -0.481 e. The fourth-order valence-electron chi connectivity index (χ4n) is 2.54. The van der Waals surface area contributed by atoms with Crippen LogP contribution in [0.1, 0.15) is 36.4 Å². The van der Waals surface area contributed by atoms with Crippen LogP contribution in [0.15, 0.2) is 5.38 Å². The first-order valence-corrected chi connectivity index (χ1v) is 9.09. The van der Waals surface area contributed by atoms with Gasteiger partial charge in [-0.05, 0) is 26.2 Å². The number of aryl methyl sites for hydroxylation is 1. The van der Waals surface area contributed by atoms with Gasteiger partial charge in [0.05, 0.1) is 22.4 Å². The van der Waals surface area contributed by atoms with E-state index in [-0.39, 0.29) is 17.9 Å². The number of amides is 1. The van der Waals surface area contributed by atoms with Crippen LogP contribution < -0.4 is 5.32 Å². The molecule has 1 heterocycles. The molecule has 0 aliphatic heterocycles. The van der Waals surface area contributed by atoms with Gasteiger partial charge >= 0.3 is 5.97 Å². The van der Waals surface area contributed by atoms with Crippen LogP contribution in [0.3, 0.4) is 0 Å². The SMILES string of the molecule is Cc1nc(CSCC(=O)NC2CCCC(C(=O)O)C2)cs1. The van der Waals surface area contributed by atoms with Crippen molar-refractivity contribution >= 4 is 35.0 Å². The molecule has 1 saturated carbocycles. The second-order valence-electron chi connectivity index (χ2n) is 5.32. The van der Waals surface area contributed by atoms with Gasteiger partial charge in [-0.25, -0.2) is 4.98 Å². The van der Waals surface area contributed by atoms with Gasteiger partial charge in [0.2, 0.25) is 5.91 Å². The van der Waals surface area contributed by atoms with Crippen molar-refractivity contribution in [2.75, 3.05) is 5.75 Å². The van der Waals surface area contributed by atoms with Crippen molar-refractivity contribution in [3.8, 4) is 0 Å². The number of carbonyl (C=O) groups is 2. The van der Waals surface area contributed by atoms with Crippen LogP contribution in [0.5, 0.6) is 0 Å². The predicted molar refractivity (Wildman–Crippen MR) is 84.5 cm³/mol. The molecule has 2 atom stereocenters. The van der Waals surface area contributed by atoms with Crippen molar-refractivity contribution in [2.24, 2.45) is 5.92 Å². The summed E-state index contributed by atoms with van der Waals surface area (Å²) in [6.07, 6.45) is 3.02. The van der Waals surface area contributed by atoms with E-state index in [9.17, 15) is 9.59 Å². The van der Waals surface area contributed by atoms with Crippen molar-refractivity contribution in [3.63, 3.8) is 0 Å². The van der Waals surface area contributed by atoms with E-state index >= 15 is 0 Å². The minimum absolute atomic E-state index is 0.00877. The smallest absolute Gasteiger partial charge is 0.306 e. The molecule has 0 bridgehead atoms. The monoisotopic (exact) mass is 328 g/mol. The maximum atomic E-state index is 11.9. The molecule has 1 fully saturated rings. The normalized spacial score (nSPS) is 22.0. The molecule has 1 aromatic heterocycles. The Balaban J connectivity index is 1.68. The third-order valence-electron chi connectivity index (χ3n) is 3.54. The summed E-state index contributed by atoms with van der Waals surface area (Å²) in [6.45, 7) is 1.97. The van der Waals surface area contributed by atoms with Gasteiger partial charge in [0.15, 0.2) is 0 Å². The fourth-order valence-corrected chi connectivity index (χ4v) is 3.98. The van der Waals surface area contributed by atoms with Crippen LogP contribution in [0.4, 0.5) is 0 Å². The molecule has 1 aliphatic rings. The molecule has 1 amide bonds. The minimum atomic E-state index is -0.748. The first kappa shape index (κ1) is 16.3. The summed E-state index contributed by atoms with van der Waals surface area (Å²) in [5, 5.41) is 15.0. The summed E-state index contributed by atoms with van der Waals surface area (Å²) in [4.78, 5) is 27.2. The second kappa shape index (κ2) is 7.79. The Morgan fingerprint density at radius 1 is 1.52 bits per heavy atom. The number of carbonyl (C=O) groups excluding carboxylic acids is 1. The standard InChI is InChI=1S/C14H20N2O3S2/c1-9-15-12(7-21-9)6-20-8-13(17)16-11-4-2-3-10(5-11)14(18)19/h7,10-11H,2-6,8H2,1H3,(H,16,17)(H,18,19). The van der Waals surface area contributed by atoms with E-state index in [1.807, 2.05) is 12.3 Å². The maximum Gasteiger partial charge on any atom is 0.306 e. The first-order chi connectivity index (χ1) is 10.0. The number of carboxylic acid groups (broad SMARTS) is 1. The molecule has 5 nitrogen and oxygen atoms in total. The summed E-state index contributed by atoms with van der Waals surface area (Å²) in [7, 11) is 0. The summed E-state index contributed by atoms with van der Waals surface area (Å²) < 4.78 is 0. The summed E-state index contributed by atoms with van der Waals surface area (Å²) in [5.74, 6) is 0.0604. The second-order valence-corrected chi connectivity index (χ2v) is 7.36. The topological polar surface area (TPSA) is 79.3 Å². The lowest BCUT2D eigenvalue weighted by molar-refractivity contribution is -0.143. The number of nitrogens with zero attached hydrogens (tertiary/aromatic N) is 1. The zero-order valence-electron chi connectivity index (χ0n) is 12.0. The molecule has 0 spiro atoms. The van der Waals surface area contributed by atoms with Crippen molar-refractivity contribution in [3.05, 3.63) is 16.1 Å². The van der Waals surface area contributed by atoms with Crippen molar-refractivity contribution in [1.29, 1.82) is 0 Å². The third kappa shape index (κ3) is 5.32. The van der Waals surface area contributed by atoms with E-state index in [0.29, 0.717) is 12.2 Å². The van der Waals surface area contributed by atoms with Crippen LogP contribution in [0.25, 0.3) is 0 Å². The highest BCUT2D eigenvalue weighted by molar-refractivity contribution is 7.99. The molecule has 116 valence electrons. The van der Waals surface area contributed by atoms with Crippen molar-refractivity contribution in [2.45, 2.75) is 44.4 Å². The van der Waals surface area contributed by atoms with E-state index in [1.54, 1.807) is 11.3 Å². The molecule has 0 radical (unpaired) electrons. The number of aliphatic carboxylic acids is 1. The molecule has 2 rings (SSSR count). The van der Waals surface area contributed by atoms with Gasteiger partial charge in [-0.1, -0.05) is 6.42 Å². The Hall–Kier alpha value is -1.08. The Morgan fingerprint density at radius 2 is 2.33 bits per heavy atom. The molecular weight excluding hydrogens is 308 g/mol. The fraction of sp³-hybridized carbons (Fsp3) is 0.643. The molecule has 1 aliphatic carbocycles. The quantitative estimate of drug-likeness (QED) is 0.838. The number of thiazole rings is 1. The highest BCUT2D eigenvalue weighted by Gasteiger charge is 2.27. The molecule has 7 heteroatoms. The van der Waals surface area contributed by atoms with Crippen LogP contribution >= 0.6 is 23.1 Å². The van der Waals surface area contributed by atoms with Gasteiger partial charge in [-0.15, -0.1) is 23.1 Å². The highest BCUT2D eigenvalue weighted by atomic mass is 32.2. The predicted octanol–water partition coefficient (Wildman–Crippen LogP) is 2.44. The van der Waals surface area contributed by atoms with Gasteiger partial charge in [-0.2, -0.15) is 0 Å². The van der Waals surface area contributed by atoms with E-state index in [4.69, 9.17) is 5.11 Å². The van der Waals surface area contributed by atoms with Crippen molar-refractivity contribution < 1.29 is 14.7 Å². The lowest BCUT2D eigenvalue weighted by Gasteiger charge is -2.27. The van der Waals surface area contributed by atoms with E-state index in [1.165, 1.54) is 11.8 Å². The van der Waals surface area contributed by atoms with Crippen LogP contribution in [0, 0.1) is 12.8 Å². The summed E-state index contributed by atoms with van der Waals surface area (Å²) >= 11 is 3.15. The van der Waals surface area contributed by atoms with Gasteiger partial charge in [0, 0.05) is 17.2 Å². The number of aromatic nitrogens is 1. The van der Waals surface area contributed by atoms with Gasteiger partial charge in [-0.3, -0.25) is 9.59 Å². The molecule has 2 unspecified atom stereocenters. The van der Waals surface area contributed by atoms with Crippen LogP contribution in [0.2, 0.25) is 0 Å². The molecule has 21 heavy (non-hydrogen) atoms. The van der Waals surface area contributed by atoms with Gasteiger partial charge < -0.3 is 10.4 Å². The largest absolute Gasteiger partial charge is 0.481 e. The zero-order valence-corrected chi connectivity index (χ0v) is 13.6. The van der Waals surface area contributed by atoms with E-state index in [0.717, 1.165) is 35.7 Å². The Bertz CT molecular complexity index is 504. The number of carboxylic acids is 1. The van der Waals surface area contributed by atoms with E-state index < -0.39 is 5.97 Å². The summed E-state index contributed by atoms with van der Waals surface area (Å²) in [5.41, 5.74) is 1.01.